The van der Waals surface area contributed by atoms with Gasteiger partial charge in [0.15, 0.2) is 5.76 Å². The molecule has 2 heterocycles. The van der Waals surface area contributed by atoms with Crippen molar-refractivity contribution in [3.8, 4) is 0 Å². The summed E-state index contributed by atoms with van der Waals surface area (Å²) in [5.41, 5.74) is 0. The van der Waals surface area contributed by atoms with Gasteiger partial charge < -0.3 is 19.5 Å². The van der Waals surface area contributed by atoms with Crippen molar-refractivity contribution >= 4 is 5.91 Å². The van der Waals surface area contributed by atoms with Crippen molar-refractivity contribution in [1.82, 2.24) is 4.90 Å². The van der Waals surface area contributed by atoms with Crippen molar-refractivity contribution in [3.63, 3.8) is 0 Å². The summed E-state index contributed by atoms with van der Waals surface area (Å²) in [6, 6.07) is 0. The average Bonchev–Trinajstić information content (AvgIpc) is 3.21. The summed E-state index contributed by atoms with van der Waals surface area (Å²) >= 11 is 0. The van der Waals surface area contributed by atoms with E-state index in [1.807, 2.05) is 13.0 Å². The number of hydrogen-bond donors (Lipinski definition) is 1. The minimum atomic E-state index is -0.379. The van der Waals surface area contributed by atoms with Gasteiger partial charge in [0.05, 0.1) is 0 Å². The molecule has 108 valence electrons. The summed E-state index contributed by atoms with van der Waals surface area (Å²) in [6.07, 6.45) is 3.09. The van der Waals surface area contributed by atoms with Crippen LogP contribution in [0, 0.1) is 11.8 Å². The van der Waals surface area contributed by atoms with E-state index in [-0.39, 0.29) is 30.6 Å². The van der Waals surface area contributed by atoms with Gasteiger partial charge in [-0.15, -0.1) is 0 Å². The Morgan fingerprint density at radius 3 is 2.89 bits per heavy atom. The highest BCUT2D eigenvalue weighted by atomic mass is 16.7. The van der Waals surface area contributed by atoms with Crippen molar-refractivity contribution in [3.05, 3.63) is 11.8 Å². The molecule has 5 heteroatoms. The Bertz CT molecular complexity index is 351. The minimum Gasteiger partial charge on any atom is -0.459 e. The first-order valence-electron chi connectivity index (χ1n) is 7.07. The molecule has 2 aliphatic rings. The van der Waals surface area contributed by atoms with Crippen molar-refractivity contribution in [2.24, 2.45) is 11.8 Å². The molecule has 2 aliphatic heterocycles. The van der Waals surface area contributed by atoms with Gasteiger partial charge in [0, 0.05) is 32.2 Å². The van der Waals surface area contributed by atoms with E-state index in [4.69, 9.17) is 14.6 Å². The maximum absolute atomic E-state index is 12.0. The largest absolute Gasteiger partial charge is 0.459 e. The molecule has 1 amide bonds. The van der Waals surface area contributed by atoms with Crippen molar-refractivity contribution in [2.45, 2.75) is 33.0 Å². The normalized spacial score (nSPS) is 29.7. The van der Waals surface area contributed by atoms with Crippen LogP contribution < -0.4 is 0 Å². The van der Waals surface area contributed by atoms with Crippen LogP contribution in [0.4, 0.5) is 0 Å². The van der Waals surface area contributed by atoms with E-state index in [2.05, 4.69) is 6.92 Å². The topological polar surface area (TPSA) is 58.8 Å². The molecule has 0 radical (unpaired) electrons. The maximum Gasteiger partial charge on any atom is 0.288 e. The van der Waals surface area contributed by atoms with Crippen LogP contribution in [-0.2, 0) is 14.3 Å². The molecule has 0 spiro atoms. The summed E-state index contributed by atoms with van der Waals surface area (Å²) < 4.78 is 11.4. The Morgan fingerprint density at radius 2 is 2.32 bits per heavy atom. The van der Waals surface area contributed by atoms with Gasteiger partial charge in [-0.2, -0.15) is 0 Å². The zero-order chi connectivity index (χ0) is 13.8. The molecule has 0 aromatic rings. The van der Waals surface area contributed by atoms with E-state index in [0.717, 1.165) is 25.9 Å². The lowest BCUT2D eigenvalue weighted by Gasteiger charge is -2.35. The van der Waals surface area contributed by atoms with Crippen LogP contribution in [0.15, 0.2) is 11.8 Å². The van der Waals surface area contributed by atoms with Gasteiger partial charge in [0.2, 0.25) is 6.29 Å². The second kappa shape index (κ2) is 6.39. The molecule has 5 nitrogen and oxygen atoms in total. The van der Waals surface area contributed by atoms with Crippen LogP contribution in [0.5, 0.6) is 0 Å². The first-order chi connectivity index (χ1) is 9.17. The SMILES string of the molecule is CCO[C@@H]1OC(C(=O)N2CC2)=C[C@H](C)[C@@H]1CCCO. The molecule has 0 aromatic carbocycles. The van der Waals surface area contributed by atoms with Gasteiger partial charge in [0.1, 0.15) is 0 Å². The molecule has 19 heavy (non-hydrogen) atoms. The van der Waals surface area contributed by atoms with Gasteiger partial charge >= 0.3 is 0 Å². The highest BCUT2D eigenvalue weighted by molar-refractivity contribution is 5.93. The molecule has 1 N–H and O–H groups in total. The Balaban J connectivity index is 2.06. The molecule has 0 aliphatic carbocycles. The monoisotopic (exact) mass is 269 g/mol. The number of allylic oxidation sites excluding steroid dienone is 1. The van der Waals surface area contributed by atoms with Gasteiger partial charge in [-0.05, 0) is 31.8 Å². The van der Waals surface area contributed by atoms with Crippen LogP contribution in [-0.4, -0.2) is 48.5 Å². The molecule has 0 unspecified atom stereocenters. The van der Waals surface area contributed by atoms with E-state index in [1.54, 1.807) is 4.90 Å². The van der Waals surface area contributed by atoms with Crippen molar-refractivity contribution < 1.29 is 19.4 Å². The van der Waals surface area contributed by atoms with Crippen LogP contribution in [0.25, 0.3) is 0 Å². The summed E-state index contributed by atoms with van der Waals surface area (Å²) in [5, 5.41) is 8.96. The lowest BCUT2D eigenvalue weighted by molar-refractivity contribution is -0.172. The molecule has 0 aromatic heterocycles. The van der Waals surface area contributed by atoms with Crippen LogP contribution in [0.2, 0.25) is 0 Å². The molecular formula is C14H23NO4. The standard InChI is InChI=1S/C14H23NO4/c1-3-18-14-11(5-4-8-16)10(2)9-12(19-14)13(17)15-6-7-15/h9-11,14,16H,3-8H2,1-2H3/t10-,11-,14+/m0/s1. The summed E-state index contributed by atoms with van der Waals surface area (Å²) in [4.78, 5) is 13.8. The molecule has 0 saturated carbocycles. The second-order valence-electron chi connectivity index (χ2n) is 5.15. The van der Waals surface area contributed by atoms with Gasteiger partial charge in [-0.3, -0.25) is 4.79 Å². The van der Waals surface area contributed by atoms with E-state index in [0.29, 0.717) is 12.4 Å². The van der Waals surface area contributed by atoms with Gasteiger partial charge in [0.25, 0.3) is 5.91 Å². The van der Waals surface area contributed by atoms with E-state index < -0.39 is 0 Å². The molecule has 3 atom stereocenters. The number of aliphatic hydroxyl groups is 1. The minimum absolute atomic E-state index is 0.0304. The molecule has 2 rings (SSSR count). The van der Waals surface area contributed by atoms with Crippen molar-refractivity contribution in [1.29, 1.82) is 0 Å². The fourth-order valence-corrected chi connectivity index (χ4v) is 2.44. The molecule has 0 bridgehead atoms. The number of hydrogen-bond acceptors (Lipinski definition) is 4. The number of ether oxygens (including phenoxy) is 2. The first kappa shape index (κ1) is 14.3. The number of carbonyl (C=O) groups is 1. The predicted octanol–water partition coefficient (Wildman–Crippen LogP) is 1.13. The van der Waals surface area contributed by atoms with Crippen LogP contribution >= 0.6 is 0 Å². The molecular weight excluding hydrogens is 246 g/mol. The highest BCUT2D eigenvalue weighted by Gasteiger charge is 2.37. The van der Waals surface area contributed by atoms with Crippen LogP contribution in [0.3, 0.4) is 0 Å². The fourth-order valence-electron chi connectivity index (χ4n) is 2.44. The maximum atomic E-state index is 12.0. The molecule has 1 fully saturated rings. The smallest absolute Gasteiger partial charge is 0.288 e. The van der Waals surface area contributed by atoms with Gasteiger partial charge in [-0.25, -0.2) is 0 Å². The van der Waals surface area contributed by atoms with Gasteiger partial charge in [-0.1, -0.05) is 6.92 Å². The Labute approximate surface area is 114 Å². The van der Waals surface area contributed by atoms with Crippen LogP contribution in [0.1, 0.15) is 26.7 Å². The first-order valence-corrected chi connectivity index (χ1v) is 7.07. The number of amides is 1. The summed E-state index contributed by atoms with van der Waals surface area (Å²) in [6.45, 7) is 6.36. The zero-order valence-electron chi connectivity index (χ0n) is 11.7. The Kier molecular flexibility index (Phi) is 4.82. The Hall–Kier alpha value is -1.07. The third-order valence-electron chi connectivity index (χ3n) is 3.65. The van der Waals surface area contributed by atoms with E-state index in [9.17, 15) is 4.79 Å². The third kappa shape index (κ3) is 3.48. The quantitative estimate of drug-likeness (QED) is 0.734. The van der Waals surface area contributed by atoms with E-state index in [1.165, 1.54) is 0 Å². The molecule has 1 saturated heterocycles. The number of nitrogens with zero attached hydrogens (tertiary/aromatic N) is 1. The number of aliphatic hydroxyl groups excluding tert-OH is 1. The predicted molar refractivity (Wildman–Crippen MR) is 70.1 cm³/mol. The number of rotatable bonds is 6. The average molecular weight is 269 g/mol. The summed E-state index contributed by atoms with van der Waals surface area (Å²) in [5.74, 6) is 0.800. The van der Waals surface area contributed by atoms with Crippen molar-refractivity contribution in [2.75, 3.05) is 26.3 Å². The fraction of sp³-hybridized carbons (Fsp3) is 0.786. The lowest BCUT2D eigenvalue weighted by Crippen LogP contribution is -2.37. The number of carbonyl (C=O) groups excluding carboxylic acids is 1. The zero-order valence-corrected chi connectivity index (χ0v) is 11.7. The lowest BCUT2D eigenvalue weighted by atomic mass is 9.87. The third-order valence-corrected chi connectivity index (χ3v) is 3.65. The Morgan fingerprint density at radius 1 is 1.58 bits per heavy atom. The highest BCUT2D eigenvalue weighted by Crippen LogP contribution is 2.33. The second-order valence-corrected chi connectivity index (χ2v) is 5.15. The van der Waals surface area contributed by atoms with E-state index >= 15 is 0 Å². The summed E-state index contributed by atoms with van der Waals surface area (Å²) in [7, 11) is 0.